The summed E-state index contributed by atoms with van der Waals surface area (Å²) in [5.41, 5.74) is 2.77. The van der Waals surface area contributed by atoms with Gasteiger partial charge in [-0.05, 0) is 36.2 Å². The van der Waals surface area contributed by atoms with Crippen molar-refractivity contribution in [2.24, 2.45) is 0 Å². The fourth-order valence-electron chi connectivity index (χ4n) is 3.76. The third-order valence-corrected chi connectivity index (χ3v) is 5.50. The predicted octanol–water partition coefficient (Wildman–Crippen LogP) is 3.85. The van der Waals surface area contributed by atoms with Gasteiger partial charge in [-0.15, -0.1) is 0 Å². The molecule has 3 aromatic rings. The van der Waals surface area contributed by atoms with E-state index in [-0.39, 0.29) is 11.8 Å². The fraction of sp³-hybridized carbons (Fsp3) is 0.348. The Morgan fingerprint density at radius 3 is 2.32 bits per heavy atom. The van der Waals surface area contributed by atoms with E-state index in [0.717, 1.165) is 12.1 Å². The standard InChI is InChI=1S/C23H25N3O5/c1-5-14-6-8-17(9-7-14)26-13-16(12-20(26)27)22-24-23(31-25-22)15-10-18(28-2)21(30-4)19(11-15)29-3/h6-11,16H,5,12-13H2,1-4H3. The van der Waals surface area contributed by atoms with Gasteiger partial charge in [0.05, 0.1) is 21.3 Å². The van der Waals surface area contributed by atoms with E-state index in [1.54, 1.807) is 38.4 Å². The molecule has 0 saturated carbocycles. The lowest BCUT2D eigenvalue weighted by Gasteiger charge is -2.16. The minimum absolute atomic E-state index is 0.0494. The summed E-state index contributed by atoms with van der Waals surface area (Å²) in [5, 5.41) is 4.14. The van der Waals surface area contributed by atoms with Crippen LogP contribution in [0.15, 0.2) is 40.9 Å². The number of nitrogens with zero attached hydrogens (tertiary/aromatic N) is 3. The summed E-state index contributed by atoms with van der Waals surface area (Å²) in [6, 6.07) is 11.6. The number of anilines is 1. The van der Waals surface area contributed by atoms with E-state index < -0.39 is 0 Å². The molecule has 0 bridgehead atoms. The second-order valence-corrected chi connectivity index (χ2v) is 7.30. The number of hydrogen-bond acceptors (Lipinski definition) is 7. The number of ether oxygens (including phenoxy) is 3. The molecule has 0 spiro atoms. The molecule has 1 unspecified atom stereocenters. The lowest BCUT2D eigenvalue weighted by Crippen LogP contribution is -2.24. The van der Waals surface area contributed by atoms with Gasteiger partial charge in [0.2, 0.25) is 11.7 Å². The minimum atomic E-state index is -0.141. The van der Waals surface area contributed by atoms with Crippen LogP contribution in [0.5, 0.6) is 17.2 Å². The zero-order chi connectivity index (χ0) is 22.0. The zero-order valence-electron chi connectivity index (χ0n) is 18.0. The number of carbonyl (C=O) groups excluding carboxylic acids is 1. The fourth-order valence-corrected chi connectivity index (χ4v) is 3.76. The Kier molecular flexibility index (Phi) is 5.79. The number of carbonyl (C=O) groups is 1. The Bertz CT molecular complexity index is 1050. The summed E-state index contributed by atoms with van der Waals surface area (Å²) in [4.78, 5) is 18.9. The summed E-state index contributed by atoms with van der Waals surface area (Å²) in [5.74, 6) is 2.21. The number of rotatable bonds is 7. The normalized spacial score (nSPS) is 15.9. The minimum Gasteiger partial charge on any atom is -0.493 e. The molecule has 1 aliphatic heterocycles. The van der Waals surface area contributed by atoms with Crippen LogP contribution in [0, 0.1) is 0 Å². The molecule has 8 nitrogen and oxygen atoms in total. The summed E-state index contributed by atoms with van der Waals surface area (Å²) in [7, 11) is 4.64. The maximum Gasteiger partial charge on any atom is 0.258 e. The highest BCUT2D eigenvalue weighted by molar-refractivity contribution is 5.96. The number of methoxy groups -OCH3 is 3. The van der Waals surface area contributed by atoms with E-state index in [0.29, 0.717) is 47.5 Å². The SMILES string of the molecule is CCc1ccc(N2CC(c3noc(-c4cc(OC)c(OC)c(OC)c4)n3)CC2=O)cc1. The molecule has 162 valence electrons. The number of benzene rings is 2. The molecule has 1 aliphatic rings. The van der Waals surface area contributed by atoms with Gasteiger partial charge in [0.1, 0.15) is 0 Å². The Balaban J connectivity index is 1.57. The monoisotopic (exact) mass is 423 g/mol. The number of aryl methyl sites for hydroxylation is 1. The molecule has 1 aromatic heterocycles. The second-order valence-electron chi connectivity index (χ2n) is 7.30. The Morgan fingerprint density at radius 1 is 1.06 bits per heavy atom. The maximum absolute atomic E-state index is 12.6. The first-order valence-corrected chi connectivity index (χ1v) is 10.1. The van der Waals surface area contributed by atoms with Crippen LogP contribution in [0.3, 0.4) is 0 Å². The third-order valence-electron chi connectivity index (χ3n) is 5.50. The van der Waals surface area contributed by atoms with Crippen LogP contribution in [0.4, 0.5) is 5.69 Å². The smallest absolute Gasteiger partial charge is 0.258 e. The molecular weight excluding hydrogens is 398 g/mol. The van der Waals surface area contributed by atoms with Crippen LogP contribution in [0.25, 0.3) is 11.5 Å². The third kappa shape index (κ3) is 3.93. The Labute approximate surface area is 180 Å². The quantitative estimate of drug-likeness (QED) is 0.570. The van der Waals surface area contributed by atoms with Crippen molar-refractivity contribution in [2.45, 2.75) is 25.7 Å². The van der Waals surface area contributed by atoms with Gasteiger partial charge in [-0.25, -0.2) is 0 Å². The van der Waals surface area contributed by atoms with Gasteiger partial charge in [0, 0.05) is 30.1 Å². The van der Waals surface area contributed by atoms with Crippen LogP contribution < -0.4 is 19.1 Å². The van der Waals surface area contributed by atoms with Crippen molar-refractivity contribution in [3.63, 3.8) is 0 Å². The van der Waals surface area contributed by atoms with Crippen LogP contribution in [0.1, 0.15) is 30.7 Å². The highest BCUT2D eigenvalue weighted by Gasteiger charge is 2.34. The summed E-state index contributed by atoms with van der Waals surface area (Å²) in [6.07, 6.45) is 1.30. The van der Waals surface area contributed by atoms with Crippen molar-refractivity contribution in [2.75, 3.05) is 32.8 Å². The van der Waals surface area contributed by atoms with Crippen molar-refractivity contribution in [3.05, 3.63) is 47.8 Å². The highest BCUT2D eigenvalue weighted by atomic mass is 16.5. The molecule has 0 N–H and O–H groups in total. The average Bonchev–Trinajstić information content (AvgIpc) is 3.45. The van der Waals surface area contributed by atoms with Gasteiger partial charge >= 0.3 is 0 Å². The van der Waals surface area contributed by atoms with E-state index in [1.165, 1.54) is 5.56 Å². The van der Waals surface area contributed by atoms with Crippen molar-refractivity contribution in [1.29, 1.82) is 0 Å². The maximum atomic E-state index is 12.6. The van der Waals surface area contributed by atoms with Gasteiger partial charge < -0.3 is 23.6 Å². The summed E-state index contributed by atoms with van der Waals surface area (Å²) >= 11 is 0. The van der Waals surface area contributed by atoms with E-state index in [4.69, 9.17) is 18.7 Å². The van der Waals surface area contributed by atoms with Crippen molar-refractivity contribution in [3.8, 4) is 28.7 Å². The molecule has 1 amide bonds. The van der Waals surface area contributed by atoms with Crippen LogP contribution in [-0.2, 0) is 11.2 Å². The van der Waals surface area contributed by atoms with E-state index in [2.05, 4.69) is 17.1 Å². The predicted molar refractivity (Wildman–Crippen MR) is 115 cm³/mol. The first-order chi connectivity index (χ1) is 15.1. The van der Waals surface area contributed by atoms with Gasteiger partial charge in [-0.3, -0.25) is 4.79 Å². The largest absolute Gasteiger partial charge is 0.493 e. The van der Waals surface area contributed by atoms with Crippen molar-refractivity contribution < 1.29 is 23.5 Å². The van der Waals surface area contributed by atoms with Crippen LogP contribution in [0.2, 0.25) is 0 Å². The Morgan fingerprint density at radius 2 is 1.74 bits per heavy atom. The number of amides is 1. The first kappa shape index (κ1) is 20.7. The molecule has 0 aliphatic carbocycles. The highest BCUT2D eigenvalue weighted by Crippen LogP contribution is 2.41. The van der Waals surface area contributed by atoms with Gasteiger partial charge in [0.15, 0.2) is 17.3 Å². The van der Waals surface area contributed by atoms with E-state index in [1.807, 2.05) is 24.3 Å². The molecular formula is C23H25N3O5. The van der Waals surface area contributed by atoms with E-state index >= 15 is 0 Å². The lowest BCUT2D eigenvalue weighted by molar-refractivity contribution is -0.117. The molecule has 4 rings (SSSR count). The van der Waals surface area contributed by atoms with Gasteiger partial charge in [-0.1, -0.05) is 24.2 Å². The van der Waals surface area contributed by atoms with Crippen LogP contribution >= 0.6 is 0 Å². The molecule has 2 aromatic carbocycles. The zero-order valence-corrected chi connectivity index (χ0v) is 18.0. The van der Waals surface area contributed by atoms with Crippen molar-refractivity contribution in [1.82, 2.24) is 10.1 Å². The first-order valence-electron chi connectivity index (χ1n) is 10.1. The molecule has 2 heterocycles. The molecule has 1 atom stereocenters. The second kappa shape index (κ2) is 8.67. The Hall–Kier alpha value is -3.55. The number of hydrogen-bond donors (Lipinski definition) is 0. The molecule has 1 fully saturated rings. The van der Waals surface area contributed by atoms with Crippen molar-refractivity contribution >= 4 is 11.6 Å². The van der Waals surface area contributed by atoms with Crippen LogP contribution in [-0.4, -0.2) is 43.9 Å². The molecule has 31 heavy (non-hydrogen) atoms. The lowest BCUT2D eigenvalue weighted by atomic mass is 10.1. The number of aromatic nitrogens is 2. The van der Waals surface area contributed by atoms with E-state index in [9.17, 15) is 4.79 Å². The summed E-state index contributed by atoms with van der Waals surface area (Å²) < 4.78 is 21.6. The molecule has 1 saturated heterocycles. The summed E-state index contributed by atoms with van der Waals surface area (Å²) in [6.45, 7) is 2.62. The van der Waals surface area contributed by atoms with Gasteiger partial charge in [0.25, 0.3) is 5.89 Å². The van der Waals surface area contributed by atoms with Gasteiger partial charge in [-0.2, -0.15) is 4.98 Å². The molecule has 0 radical (unpaired) electrons. The average molecular weight is 423 g/mol. The topological polar surface area (TPSA) is 86.9 Å². The molecule has 8 heteroatoms.